The number of rotatable bonds is 2. The van der Waals surface area contributed by atoms with Crippen LogP contribution in [0.5, 0.6) is 0 Å². The largest absolute Gasteiger partial charge is 0.354 e. The number of hydrogen-bond donors (Lipinski definition) is 2. The van der Waals surface area contributed by atoms with Crippen LogP contribution in [0.15, 0.2) is 0 Å². The fourth-order valence-electron chi connectivity index (χ4n) is 2.16. The van der Waals surface area contributed by atoms with Gasteiger partial charge in [0.05, 0.1) is 0 Å². The predicted molar refractivity (Wildman–Crippen MR) is 64.2 cm³/mol. The molecule has 2 fully saturated rings. The molecule has 0 aromatic carbocycles. The van der Waals surface area contributed by atoms with E-state index in [1.54, 1.807) is 0 Å². The van der Waals surface area contributed by atoms with E-state index in [9.17, 15) is 9.59 Å². The van der Waals surface area contributed by atoms with Crippen LogP contribution in [0.4, 0.5) is 0 Å². The monoisotopic (exact) mass is 242 g/mol. The first kappa shape index (κ1) is 11.8. The Kier molecular flexibility index (Phi) is 4.09. The molecular weight excluding hydrogens is 224 g/mol. The van der Waals surface area contributed by atoms with E-state index in [1.807, 2.05) is 11.8 Å². The Balaban J connectivity index is 1.83. The highest BCUT2D eigenvalue weighted by molar-refractivity contribution is 7.99. The molecule has 16 heavy (non-hydrogen) atoms. The molecule has 2 rings (SSSR count). The summed E-state index contributed by atoms with van der Waals surface area (Å²) in [6.07, 6.45) is 3.63. The fourth-order valence-corrected chi connectivity index (χ4v) is 3.27. The summed E-state index contributed by atoms with van der Waals surface area (Å²) in [6, 6.07) is -0.296. The molecule has 0 spiro atoms. The van der Waals surface area contributed by atoms with Crippen molar-refractivity contribution in [2.45, 2.75) is 31.7 Å². The second-order valence-corrected chi connectivity index (χ2v) is 5.61. The number of thioether (sulfide) groups is 1. The fraction of sp³-hybridized carbons (Fsp3) is 0.818. The van der Waals surface area contributed by atoms with Gasteiger partial charge < -0.3 is 10.6 Å². The maximum absolute atomic E-state index is 11.9. The molecule has 2 N–H and O–H groups in total. The summed E-state index contributed by atoms with van der Waals surface area (Å²) in [6.45, 7) is 0.741. The number of carbonyl (C=O) groups excluding carboxylic acids is 2. The highest BCUT2D eigenvalue weighted by Gasteiger charge is 2.27. The van der Waals surface area contributed by atoms with Crippen LogP contribution >= 0.6 is 11.8 Å². The zero-order valence-electron chi connectivity index (χ0n) is 9.33. The van der Waals surface area contributed by atoms with Crippen molar-refractivity contribution in [1.29, 1.82) is 0 Å². The predicted octanol–water partition coefficient (Wildman–Crippen LogP) is 0.524. The molecule has 0 radical (unpaired) electrons. The Bertz CT molecular complexity index is 277. The highest BCUT2D eigenvalue weighted by atomic mass is 32.2. The molecule has 2 amide bonds. The molecule has 0 aromatic heterocycles. The third-order valence-electron chi connectivity index (χ3n) is 3.19. The molecule has 0 aliphatic carbocycles. The normalized spacial score (nSPS) is 27.2. The number of hydrogen-bond acceptors (Lipinski definition) is 3. The molecule has 4 nitrogen and oxygen atoms in total. The zero-order valence-corrected chi connectivity index (χ0v) is 10.1. The second-order valence-electron chi connectivity index (χ2n) is 4.38. The molecule has 0 bridgehead atoms. The minimum absolute atomic E-state index is 0.0233. The van der Waals surface area contributed by atoms with Gasteiger partial charge in [0.15, 0.2) is 0 Å². The first-order valence-electron chi connectivity index (χ1n) is 5.93. The van der Waals surface area contributed by atoms with Crippen molar-refractivity contribution < 1.29 is 9.59 Å². The van der Waals surface area contributed by atoms with Crippen molar-refractivity contribution >= 4 is 23.6 Å². The van der Waals surface area contributed by atoms with E-state index >= 15 is 0 Å². The van der Waals surface area contributed by atoms with Gasteiger partial charge in [-0.1, -0.05) is 0 Å². The molecule has 1 atom stereocenters. The number of amides is 2. The Morgan fingerprint density at radius 2 is 2.06 bits per heavy atom. The van der Waals surface area contributed by atoms with Gasteiger partial charge in [-0.25, -0.2) is 0 Å². The number of nitrogens with one attached hydrogen (secondary N) is 2. The Morgan fingerprint density at radius 3 is 2.75 bits per heavy atom. The van der Waals surface area contributed by atoms with Gasteiger partial charge in [0.1, 0.15) is 6.04 Å². The lowest BCUT2D eigenvalue weighted by Gasteiger charge is -2.26. The number of carbonyl (C=O) groups is 2. The molecule has 2 saturated heterocycles. The summed E-state index contributed by atoms with van der Waals surface area (Å²) in [5.41, 5.74) is 0. The third kappa shape index (κ3) is 2.90. The quantitative estimate of drug-likeness (QED) is 0.742. The highest BCUT2D eigenvalue weighted by Crippen LogP contribution is 2.23. The smallest absolute Gasteiger partial charge is 0.242 e. The molecular formula is C11H18N2O2S. The lowest BCUT2D eigenvalue weighted by molar-refractivity contribution is -0.132. The zero-order chi connectivity index (χ0) is 11.4. The Morgan fingerprint density at radius 1 is 1.31 bits per heavy atom. The van der Waals surface area contributed by atoms with Crippen molar-refractivity contribution in [3.63, 3.8) is 0 Å². The lowest BCUT2D eigenvalue weighted by Crippen LogP contribution is -2.51. The van der Waals surface area contributed by atoms with Gasteiger partial charge in [0.25, 0.3) is 0 Å². The molecule has 2 aliphatic heterocycles. The van der Waals surface area contributed by atoms with Crippen molar-refractivity contribution in [2.75, 3.05) is 18.1 Å². The molecule has 0 aromatic rings. The van der Waals surface area contributed by atoms with E-state index < -0.39 is 0 Å². The molecule has 1 unspecified atom stereocenters. The van der Waals surface area contributed by atoms with Gasteiger partial charge in [-0.2, -0.15) is 11.8 Å². The molecule has 5 heteroatoms. The summed E-state index contributed by atoms with van der Waals surface area (Å²) in [5.74, 6) is 2.30. The first-order chi connectivity index (χ1) is 7.77. The minimum Gasteiger partial charge on any atom is -0.354 e. The summed E-state index contributed by atoms with van der Waals surface area (Å²) in [5, 5.41) is 5.66. The van der Waals surface area contributed by atoms with Gasteiger partial charge >= 0.3 is 0 Å². The van der Waals surface area contributed by atoms with E-state index in [4.69, 9.17) is 0 Å². The third-order valence-corrected chi connectivity index (χ3v) is 4.24. The summed E-state index contributed by atoms with van der Waals surface area (Å²) in [7, 11) is 0. The SMILES string of the molecule is O=C(NC1CCCNC1=O)C1CCSCC1. The van der Waals surface area contributed by atoms with E-state index in [1.165, 1.54) is 0 Å². The van der Waals surface area contributed by atoms with Gasteiger partial charge in [-0.05, 0) is 37.2 Å². The van der Waals surface area contributed by atoms with E-state index in [-0.39, 0.29) is 23.8 Å². The summed E-state index contributed by atoms with van der Waals surface area (Å²) in [4.78, 5) is 23.4. The van der Waals surface area contributed by atoms with Crippen LogP contribution in [-0.4, -0.2) is 35.9 Å². The van der Waals surface area contributed by atoms with Crippen LogP contribution in [0.1, 0.15) is 25.7 Å². The van der Waals surface area contributed by atoms with Crippen LogP contribution in [0.3, 0.4) is 0 Å². The van der Waals surface area contributed by atoms with E-state index in [2.05, 4.69) is 10.6 Å². The van der Waals surface area contributed by atoms with E-state index in [0.29, 0.717) is 0 Å². The van der Waals surface area contributed by atoms with Gasteiger partial charge in [-0.15, -0.1) is 0 Å². The number of piperidine rings is 1. The molecule has 90 valence electrons. The summed E-state index contributed by atoms with van der Waals surface area (Å²) >= 11 is 1.90. The van der Waals surface area contributed by atoms with Crippen LogP contribution in [-0.2, 0) is 9.59 Å². The molecule has 0 saturated carbocycles. The molecule has 2 aliphatic rings. The minimum atomic E-state index is -0.296. The standard InChI is InChI=1S/C11H18N2O2S/c14-10(8-3-6-16-7-4-8)13-9-2-1-5-12-11(9)15/h8-9H,1-7H2,(H,12,15)(H,13,14). The maximum atomic E-state index is 11.9. The van der Waals surface area contributed by atoms with Crippen molar-refractivity contribution in [2.24, 2.45) is 5.92 Å². The molecule has 2 heterocycles. The Labute approximate surface area is 99.9 Å². The Hall–Kier alpha value is -0.710. The maximum Gasteiger partial charge on any atom is 0.242 e. The van der Waals surface area contributed by atoms with Crippen LogP contribution in [0, 0.1) is 5.92 Å². The average molecular weight is 242 g/mol. The second kappa shape index (κ2) is 5.57. The van der Waals surface area contributed by atoms with Gasteiger partial charge in [0.2, 0.25) is 11.8 Å². The van der Waals surface area contributed by atoms with Crippen molar-refractivity contribution in [1.82, 2.24) is 10.6 Å². The van der Waals surface area contributed by atoms with Crippen LogP contribution < -0.4 is 10.6 Å². The first-order valence-corrected chi connectivity index (χ1v) is 7.08. The van der Waals surface area contributed by atoms with Gasteiger partial charge in [0, 0.05) is 12.5 Å². The summed E-state index contributed by atoms with van der Waals surface area (Å²) < 4.78 is 0. The topological polar surface area (TPSA) is 58.2 Å². The van der Waals surface area contributed by atoms with Crippen molar-refractivity contribution in [3.05, 3.63) is 0 Å². The lowest BCUT2D eigenvalue weighted by atomic mass is 10.00. The average Bonchev–Trinajstić information content (AvgIpc) is 2.33. The van der Waals surface area contributed by atoms with Crippen LogP contribution in [0.25, 0.3) is 0 Å². The van der Waals surface area contributed by atoms with Crippen LogP contribution in [0.2, 0.25) is 0 Å². The van der Waals surface area contributed by atoms with Gasteiger partial charge in [-0.3, -0.25) is 9.59 Å². The van der Waals surface area contributed by atoms with Crippen molar-refractivity contribution in [3.8, 4) is 0 Å². The van der Waals surface area contributed by atoms with E-state index in [0.717, 1.165) is 43.7 Å².